The molecule has 0 aromatic rings. The van der Waals surface area contributed by atoms with Crippen LogP contribution in [0.25, 0.3) is 0 Å². The van der Waals surface area contributed by atoms with Crippen LogP contribution in [0.3, 0.4) is 0 Å². The summed E-state index contributed by atoms with van der Waals surface area (Å²) in [6, 6.07) is 0. The predicted octanol–water partition coefficient (Wildman–Crippen LogP) is 0.895. The molecule has 2 N–H and O–H groups in total. The Labute approximate surface area is 123 Å². The highest BCUT2D eigenvalue weighted by Crippen LogP contribution is 2.10. The Hall–Kier alpha value is -0.810. The lowest BCUT2D eigenvalue weighted by molar-refractivity contribution is 0.187. The van der Waals surface area contributed by atoms with Crippen molar-refractivity contribution in [2.45, 2.75) is 45.1 Å². The van der Waals surface area contributed by atoms with Gasteiger partial charge in [0, 0.05) is 26.2 Å². The minimum atomic E-state index is -0.190. The first-order valence-electron chi connectivity index (χ1n) is 8.23. The highest BCUT2D eigenvalue weighted by Gasteiger charge is 2.22. The van der Waals surface area contributed by atoms with Crippen molar-refractivity contribution in [2.75, 3.05) is 45.8 Å². The molecule has 2 aliphatic heterocycles. The van der Waals surface area contributed by atoms with E-state index < -0.39 is 0 Å². The van der Waals surface area contributed by atoms with Crippen LogP contribution in [0.2, 0.25) is 0 Å². The zero-order valence-electron chi connectivity index (χ0n) is 12.9. The topological polar surface area (TPSA) is 51.1 Å². The molecule has 0 unspecified atom stereocenters. The zero-order chi connectivity index (χ0) is 14.2. The molecule has 2 rings (SSSR count). The number of aliphatic hydroxyl groups excluding tert-OH is 1. The molecule has 0 radical (unpaired) electrons. The van der Waals surface area contributed by atoms with Gasteiger partial charge >= 0.3 is 0 Å². The highest BCUT2D eigenvalue weighted by molar-refractivity contribution is 5.80. The number of likely N-dealkylation sites (tertiary alicyclic amines) is 2. The average Bonchev–Trinajstić information content (AvgIpc) is 2.72. The van der Waals surface area contributed by atoms with Crippen LogP contribution >= 0.6 is 0 Å². The molecule has 116 valence electrons. The van der Waals surface area contributed by atoms with Crippen molar-refractivity contribution in [2.24, 2.45) is 4.99 Å². The monoisotopic (exact) mass is 282 g/mol. The van der Waals surface area contributed by atoms with E-state index in [1.165, 1.54) is 38.8 Å². The van der Waals surface area contributed by atoms with Crippen LogP contribution in [0, 0.1) is 0 Å². The van der Waals surface area contributed by atoms with Crippen LogP contribution in [-0.4, -0.2) is 72.8 Å². The minimum Gasteiger partial charge on any atom is -0.391 e. The van der Waals surface area contributed by atoms with Gasteiger partial charge in [0.05, 0.1) is 12.6 Å². The van der Waals surface area contributed by atoms with E-state index in [0.717, 1.165) is 45.1 Å². The summed E-state index contributed by atoms with van der Waals surface area (Å²) in [5.41, 5.74) is 0. The Morgan fingerprint density at radius 1 is 1.20 bits per heavy atom. The molecule has 2 aliphatic rings. The molecule has 2 fully saturated rings. The maximum Gasteiger partial charge on any atom is 0.194 e. The highest BCUT2D eigenvalue weighted by atomic mass is 16.3. The van der Waals surface area contributed by atoms with Crippen molar-refractivity contribution in [3.8, 4) is 0 Å². The predicted molar refractivity (Wildman–Crippen MR) is 83.1 cm³/mol. The molecule has 2 heterocycles. The van der Waals surface area contributed by atoms with Crippen molar-refractivity contribution in [3.63, 3.8) is 0 Å². The molecule has 0 bridgehead atoms. The molecular formula is C15H30N4O. The molecule has 0 amide bonds. The summed E-state index contributed by atoms with van der Waals surface area (Å²) < 4.78 is 0. The first-order chi connectivity index (χ1) is 9.79. The van der Waals surface area contributed by atoms with Crippen LogP contribution in [0.1, 0.15) is 39.0 Å². The number of rotatable bonds is 4. The third-order valence-corrected chi connectivity index (χ3v) is 4.17. The van der Waals surface area contributed by atoms with Crippen LogP contribution in [0.5, 0.6) is 0 Å². The van der Waals surface area contributed by atoms with Gasteiger partial charge in [-0.15, -0.1) is 0 Å². The summed E-state index contributed by atoms with van der Waals surface area (Å²) in [7, 11) is 0. The fourth-order valence-electron chi connectivity index (χ4n) is 3.02. The Morgan fingerprint density at radius 2 is 1.95 bits per heavy atom. The summed E-state index contributed by atoms with van der Waals surface area (Å²) in [6.07, 6.45) is 6.10. The second-order valence-corrected chi connectivity index (χ2v) is 5.88. The first kappa shape index (κ1) is 15.6. The SMILES string of the molecule is CCNC(=NCCN1CCCCCC1)N1CC[C@@H](O)C1. The van der Waals surface area contributed by atoms with Gasteiger partial charge in [-0.1, -0.05) is 12.8 Å². The third kappa shape index (κ3) is 4.94. The number of aliphatic hydroxyl groups is 1. The molecule has 0 aromatic carbocycles. The van der Waals surface area contributed by atoms with Crippen LogP contribution < -0.4 is 5.32 Å². The Balaban J connectivity index is 1.79. The molecule has 0 saturated carbocycles. The first-order valence-corrected chi connectivity index (χ1v) is 8.23. The summed E-state index contributed by atoms with van der Waals surface area (Å²) in [5, 5.41) is 13.0. The minimum absolute atomic E-state index is 0.190. The maximum absolute atomic E-state index is 9.64. The van der Waals surface area contributed by atoms with Crippen molar-refractivity contribution in [3.05, 3.63) is 0 Å². The van der Waals surface area contributed by atoms with Crippen molar-refractivity contribution < 1.29 is 5.11 Å². The standard InChI is InChI=1S/C15H30N4O/c1-2-16-15(19-11-7-14(20)13-19)17-8-12-18-9-5-3-4-6-10-18/h14,20H,2-13H2,1H3,(H,16,17)/t14-/m1/s1. The Kier molecular flexibility index (Phi) is 6.60. The van der Waals surface area contributed by atoms with Gasteiger partial charge in [-0.2, -0.15) is 0 Å². The number of guanidine groups is 1. The molecular weight excluding hydrogens is 252 g/mol. The summed E-state index contributed by atoms with van der Waals surface area (Å²) in [4.78, 5) is 9.45. The maximum atomic E-state index is 9.64. The van der Waals surface area contributed by atoms with E-state index in [-0.39, 0.29) is 6.10 Å². The Morgan fingerprint density at radius 3 is 2.55 bits per heavy atom. The van der Waals surface area contributed by atoms with Gasteiger partial charge in [-0.05, 0) is 39.3 Å². The average molecular weight is 282 g/mol. The number of β-amino-alcohol motifs (C(OH)–C–C–N with tert-alkyl or cyclic N) is 1. The van der Waals surface area contributed by atoms with Crippen molar-refractivity contribution in [1.29, 1.82) is 0 Å². The van der Waals surface area contributed by atoms with Gasteiger partial charge in [0.15, 0.2) is 5.96 Å². The van der Waals surface area contributed by atoms with Crippen LogP contribution in [0.15, 0.2) is 4.99 Å². The van der Waals surface area contributed by atoms with E-state index in [1.807, 2.05) is 0 Å². The second-order valence-electron chi connectivity index (χ2n) is 5.88. The molecule has 5 heteroatoms. The molecule has 20 heavy (non-hydrogen) atoms. The van der Waals surface area contributed by atoms with Crippen molar-refractivity contribution in [1.82, 2.24) is 15.1 Å². The summed E-state index contributed by atoms with van der Waals surface area (Å²) in [5.74, 6) is 0.971. The number of hydrogen-bond acceptors (Lipinski definition) is 3. The van der Waals surface area contributed by atoms with Crippen LogP contribution in [0.4, 0.5) is 0 Å². The van der Waals surface area contributed by atoms with E-state index in [0.29, 0.717) is 0 Å². The molecule has 1 atom stereocenters. The lowest BCUT2D eigenvalue weighted by Gasteiger charge is -2.22. The second kappa shape index (κ2) is 8.47. The summed E-state index contributed by atoms with van der Waals surface area (Å²) in [6.45, 7) is 8.99. The van der Waals surface area contributed by atoms with E-state index in [9.17, 15) is 5.11 Å². The van der Waals surface area contributed by atoms with E-state index >= 15 is 0 Å². The quantitative estimate of drug-likeness (QED) is 0.594. The molecule has 0 aromatic heterocycles. The van der Waals surface area contributed by atoms with Gasteiger partial charge < -0.3 is 20.2 Å². The number of nitrogens with zero attached hydrogens (tertiary/aromatic N) is 3. The largest absolute Gasteiger partial charge is 0.391 e. The lowest BCUT2D eigenvalue weighted by atomic mass is 10.2. The molecule has 2 saturated heterocycles. The van der Waals surface area contributed by atoms with Crippen molar-refractivity contribution >= 4 is 5.96 Å². The fourth-order valence-corrected chi connectivity index (χ4v) is 3.02. The van der Waals surface area contributed by atoms with Crippen LogP contribution in [-0.2, 0) is 0 Å². The van der Waals surface area contributed by atoms with E-state index in [4.69, 9.17) is 4.99 Å². The fraction of sp³-hybridized carbons (Fsp3) is 0.933. The van der Waals surface area contributed by atoms with Gasteiger partial charge in [-0.3, -0.25) is 4.99 Å². The van der Waals surface area contributed by atoms with Gasteiger partial charge in [0.1, 0.15) is 0 Å². The normalized spacial score (nSPS) is 25.8. The number of hydrogen-bond donors (Lipinski definition) is 2. The smallest absolute Gasteiger partial charge is 0.194 e. The lowest BCUT2D eigenvalue weighted by Crippen LogP contribution is -2.41. The van der Waals surface area contributed by atoms with Gasteiger partial charge in [0.2, 0.25) is 0 Å². The van der Waals surface area contributed by atoms with Gasteiger partial charge in [-0.25, -0.2) is 0 Å². The van der Waals surface area contributed by atoms with E-state index in [2.05, 4.69) is 22.0 Å². The summed E-state index contributed by atoms with van der Waals surface area (Å²) >= 11 is 0. The molecule has 0 spiro atoms. The molecule has 5 nitrogen and oxygen atoms in total. The van der Waals surface area contributed by atoms with E-state index in [1.54, 1.807) is 0 Å². The number of aliphatic imine (C=N–C) groups is 1. The Bertz CT molecular complexity index is 300. The molecule has 0 aliphatic carbocycles. The number of nitrogens with one attached hydrogen (secondary N) is 1. The zero-order valence-corrected chi connectivity index (χ0v) is 12.9. The van der Waals surface area contributed by atoms with Gasteiger partial charge in [0.25, 0.3) is 0 Å². The third-order valence-electron chi connectivity index (χ3n) is 4.17.